The molecule has 2 aromatic heterocycles. The second-order valence-corrected chi connectivity index (χ2v) is 9.65. The van der Waals surface area contributed by atoms with Crippen LogP contribution in [0.25, 0.3) is 16.1 Å². The number of aromatic nitrogens is 2. The number of benzene rings is 2. The van der Waals surface area contributed by atoms with Gasteiger partial charge in [0.15, 0.2) is 0 Å². The molecule has 2 heterocycles. The van der Waals surface area contributed by atoms with Gasteiger partial charge >= 0.3 is 0 Å². The summed E-state index contributed by atoms with van der Waals surface area (Å²) in [4.78, 5) is 17.1. The Balaban J connectivity index is 1.27. The number of nitrogens with zero attached hydrogens (tertiary/aromatic N) is 3. The average Bonchev–Trinajstić information content (AvgIpc) is 3.41. The van der Waals surface area contributed by atoms with Crippen molar-refractivity contribution in [2.45, 2.75) is 26.3 Å². The molecule has 168 valence electrons. The van der Waals surface area contributed by atoms with E-state index in [1.165, 1.54) is 27.3 Å². The molecule has 0 spiro atoms. The van der Waals surface area contributed by atoms with Crippen molar-refractivity contribution in [1.29, 1.82) is 0 Å². The van der Waals surface area contributed by atoms with Gasteiger partial charge in [-0.25, -0.2) is 4.68 Å². The Hall–Kier alpha value is -3.22. The van der Waals surface area contributed by atoms with Crippen molar-refractivity contribution in [2.24, 2.45) is 0 Å². The van der Waals surface area contributed by atoms with Gasteiger partial charge in [0.05, 0.1) is 22.0 Å². The lowest BCUT2D eigenvalue weighted by molar-refractivity contribution is 0.0953. The Kier molecular flexibility index (Phi) is 6.11. The number of para-hydroxylation sites is 1. The molecule has 1 aliphatic rings. The summed E-state index contributed by atoms with van der Waals surface area (Å²) in [5.41, 5.74) is 7.08. The van der Waals surface area contributed by atoms with Crippen molar-refractivity contribution in [2.75, 3.05) is 20.1 Å². The van der Waals surface area contributed by atoms with Gasteiger partial charge in [0.25, 0.3) is 5.91 Å². The highest BCUT2D eigenvalue weighted by Crippen LogP contribution is 2.42. The second kappa shape index (κ2) is 9.33. The molecular formula is C27H28N4OS. The molecule has 1 aliphatic carbocycles. The summed E-state index contributed by atoms with van der Waals surface area (Å²) in [5.74, 6) is 0.0113. The molecule has 6 heteroatoms. The van der Waals surface area contributed by atoms with E-state index in [1.54, 1.807) is 11.3 Å². The number of thiophene rings is 1. The first-order valence-corrected chi connectivity index (χ1v) is 12.2. The largest absolute Gasteiger partial charge is 0.350 e. The number of aryl methyl sites for hydroxylation is 2. The van der Waals surface area contributed by atoms with Crippen LogP contribution in [-0.4, -0.2) is 40.7 Å². The van der Waals surface area contributed by atoms with Gasteiger partial charge in [-0.15, -0.1) is 11.3 Å². The van der Waals surface area contributed by atoms with Crippen molar-refractivity contribution in [1.82, 2.24) is 20.0 Å². The maximum atomic E-state index is 12.9. The molecule has 0 unspecified atom stereocenters. The van der Waals surface area contributed by atoms with Crippen LogP contribution < -0.4 is 5.32 Å². The van der Waals surface area contributed by atoms with Crippen LogP contribution in [0.4, 0.5) is 0 Å². The van der Waals surface area contributed by atoms with Crippen LogP contribution in [0.15, 0.2) is 66.7 Å². The molecule has 4 aromatic rings. The lowest BCUT2D eigenvalue weighted by Gasteiger charge is -2.16. The van der Waals surface area contributed by atoms with Gasteiger partial charge in [-0.05, 0) is 56.1 Å². The van der Waals surface area contributed by atoms with Crippen molar-refractivity contribution in [3.8, 4) is 16.1 Å². The lowest BCUT2D eigenvalue weighted by atomic mass is 9.95. The third-order valence-electron chi connectivity index (χ3n) is 6.12. The van der Waals surface area contributed by atoms with Crippen molar-refractivity contribution < 1.29 is 4.79 Å². The molecule has 2 aromatic carbocycles. The van der Waals surface area contributed by atoms with Gasteiger partial charge < -0.3 is 10.2 Å². The average molecular weight is 457 g/mol. The van der Waals surface area contributed by atoms with E-state index in [4.69, 9.17) is 5.10 Å². The molecule has 0 bridgehead atoms. The fraction of sp³-hybridized carbons (Fsp3) is 0.259. The number of fused-ring (bicyclic) bond motifs is 3. The van der Waals surface area contributed by atoms with E-state index < -0.39 is 0 Å². The summed E-state index contributed by atoms with van der Waals surface area (Å²) in [6.07, 6.45) is 1.87. The molecule has 0 aliphatic heterocycles. The zero-order valence-corrected chi connectivity index (χ0v) is 19.9. The molecule has 0 saturated heterocycles. The van der Waals surface area contributed by atoms with Crippen molar-refractivity contribution in [3.63, 3.8) is 0 Å². The van der Waals surface area contributed by atoms with Gasteiger partial charge in [0.2, 0.25) is 0 Å². The molecule has 0 fully saturated rings. The van der Waals surface area contributed by atoms with Gasteiger partial charge in [0, 0.05) is 30.1 Å². The van der Waals surface area contributed by atoms with Crippen LogP contribution >= 0.6 is 11.3 Å². The molecule has 1 N–H and O–H groups in total. The fourth-order valence-electron chi connectivity index (χ4n) is 4.50. The SMILES string of the molecule is Cc1nn(-c2ccccc2)c2c1-c1sc(C(=O)NCCN(C)Cc3ccccc3)cc1CC2. The standard InChI is InChI=1S/C27H28N4OS/c1-19-25-23(31(29-19)22-11-7-4-8-12-22)14-13-21-17-24(33-26(21)25)27(32)28-15-16-30(2)18-20-9-5-3-6-10-20/h3-12,17H,13-16,18H2,1-2H3,(H,28,32). The summed E-state index contributed by atoms with van der Waals surface area (Å²) in [7, 11) is 2.08. The van der Waals surface area contributed by atoms with E-state index in [0.29, 0.717) is 6.54 Å². The number of nitrogens with one attached hydrogen (secondary N) is 1. The fourth-order valence-corrected chi connectivity index (χ4v) is 5.74. The summed E-state index contributed by atoms with van der Waals surface area (Å²) in [5, 5.41) is 7.94. The Morgan fingerprint density at radius 1 is 1.09 bits per heavy atom. The summed E-state index contributed by atoms with van der Waals surface area (Å²) < 4.78 is 2.07. The van der Waals surface area contributed by atoms with Crippen LogP contribution in [0, 0.1) is 6.92 Å². The summed E-state index contributed by atoms with van der Waals surface area (Å²) in [6.45, 7) is 4.37. The van der Waals surface area contributed by atoms with Crippen LogP contribution in [0.2, 0.25) is 0 Å². The monoisotopic (exact) mass is 456 g/mol. The molecular weight excluding hydrogens is 428 g/mol. The Bertz CT molecular complexity index is 1260. The zero-order chi connectivity index (χ0) is 22.8. The lowest BCUT2D eigenvalue weighted by Crippen LogP contribution is -2.32. The van der Waals surface area contributed by atoms with Crippen LogP contribution in [0.1, 0.15) is 32.2 Å². The van der Waals surface area contributed by atoms with Gasteiger partial charge in [-0.2, -0.15) is 5.10 Å². The maximum Gasteiger partial charge on any atom is 0.261 e. The Morgan fingerprint density at radius 3 is 2.58 bits per heavy atom. The van der Waals surface area contributed by atoms with Gasteiger partial charge in [-0.1, -0.05) is 48.5 Å². The number of amides is 1. The van der Waals surface area contributed by atoms with Crippen LogP contribution in [-0.2, 0) is 19.4 Å². The number of hydrogen-bond acceptors (Lipinski definition) is 4. The second-order valence-electron chi connectivity index (χ2n) is 8.60. The highest BCUT2D eigenvalue weighted by atomic mass is 32.1. The number of carbonyl (C=O) groups excluding carboxylic acids is 1. The van der Waals surface area contributed by atoms with E-state index in [1.807, 2.05) is 24.3 Å². The molecule has 0 saturated carbocycles. The topological polar surface area (TPSA) is 50.2 Å². The quantitative estimate of drug-likeness (QED) is 0.432. The number of rotatable bonds is 7. The minimum absolute atomic E-state index is 0.0113. The van der Waals surface area contributed by atoms with Crippen molar-refractivity contribution in [3.05, 3.63) is 94.1 Å². The van der Waals surface area contributed by atoms with E-state index >= 15 is 0 Å². The van der Waals surface area contributed by atoms with Gasteiger partial charge in [-0.3, -0.25) is 4.79 Å². The zero-order valence-electron chi connectivity index (χ0n) is 19.0. The normalized spacial score (nSPS) is 12.5. The van der Waals surface area contributed by atoms with Crippen LogP contribution in [0.5, 0.6) is 0 Å². The highest BCUT2D eigenvalue weighted by Gasteiger charge is 2.27. The smallest absolute Gasteiger partial charge is 0.261 e. The van der Waals surface area contributed by atoms with Crippen molar-refractivity contribution >= 4 is 17.2 Å². The minimum atomic E-state index is 0.0113. The summed E-state index contributed by atoms with van der Waals surface area (Å²) in [6, 6.07) is 22.7. The first-order chi connectivity index (χ1) is 16.1. The van der Waals surface area contributed by atoms with E-state index in [0.717, 1.165) is 42.2 Å². The third kappa shape index (κ3) is 4.49. The number of likely N-dealkylation sites (N-methyl/N-ethyl adjacent to an activating group) is 1. The van der Waals surface area contributed by atoms with E-state index in [-0.39, 0.29) is 5.91 Å². The molecule has 1 amide bonds. The third-order valence-corrected chi connectivity index (χ3v) is 7.32. The molecule has 33 heavy (non-hydrogen) atoms. The summed E-state index contributed by atoms with van der Waals surface area (Å²) >= 11 is 1.59. The molecule has 5 nitrogen and oxygen atoms in total. The number of hydrogen-bond donors (Lipinski definition) is 1. The minimum Gasteiger partial charge on any atom is -0.350 e. The van der Waals surface area contributed by atoms with E-state index in [2.05, 4.69) is 71.3 Å². The Labute approximate surface area is 198 Å². The molecule has 0 atom stereocenters. The highest BCUT2D eigenvalue weighted by molar-refractivity contribution is 7.17. The van der Waals surface area contributed by atoms with Gasteiger partial charge in [0.1, 0.15) is 0 Å². The molecule has 5 rings (SSSR count). The van der Waals surface area contributed by atoms with Crippen LogP contribution in [0.3, 0.4) is 0 Å². The predicted octanol–water partition coefficient (Wildman–Crippen LogP) is 4.87. The molecule has 0 radical (unpaired) electrons. The number of carbonyl (C=O) groups is 1. The maximum absolute atomic E-state index is 12.9. The first-order valence-electron chi connectivity index (χ1n) is 11.4. The van der Waals surface area contributed by atoms with E-state index in [9.17, 15) is 4.79 Å². The Morgan fingerprint density at radius 2 is 1.82 bits per heavy atom. The predicted molar refractivity (Wildman–Crippen MR) is 134 cm³/mol. The first kappa shape index (κ1) is 21.6.